The van der Waals surface area contributed by atoms with Crippen LogP contribution in [0.2, 0.25) is 0 Å². The number of rotatable bonds is 3. The molecule has 1 aromatic carbocycles. The summed E-state index contributed by atoms with van der Waals surface area (Å²) in [4.78, 5) is 19.4. The molecule has 1 aromatic rings. The van der Waals surface area contributed by atoms with Crippen LogP contribution in [-0.2, 0) is 4.79 Å². The van der Waals surface area contributed by atoms with E-state index in [1.807, 2.05) is 29.2 Å². The number of para-hydroxylation sites is 1. The van der Waals surface area contributed by atoms with Gasteiger partial charge in [0, 0.05) is 51.9 Å². The Morgan fingerprint density at radius 1 is 1.20 bits per heavy atom. The first-order valence-electron chi connectivity index (χ1n) is 9.10. The second-order valence-corrected chi connectivity index (χ2v) is 7.04. The number of anilines is 1. The topological polar surface area (TPSA) is 62.6 Å². The molecule has 6 nitrogen and oxygen atoms in total. The SMILES string of the molecule is CC(C)N1CCN[C@@H](C(=O)N2CCN(c3ccccc3C#N)CC2)C1. The molecular weight excluding hydrogens is 314 g/mol. The average Bonchev–Trinajstić information content (AvgIpc) is 2.67. The van der Waals surface area contributed by atoms with Gasteiger partial charge in [0.05, 0.1) is 17.3 Å². The summed E-state index contributed by atoms with van der Waals surface area (Å²) in [6, 6.07) is 10.3. The number of hydrogen-bond donors (Lipinski definition) is 1. The normalized spacial score (nSPS) is 22.1. The zero-order valence-corrected chi connectivity index (χ0v) is 15.1. The number of hydrogen-bond acceptors (Lipinski definition) is 5. The van der Waals surface area contributed by atoms with Gasteiger partial charge in [-0.1, -0.05) is 12.1 Å². The second kappa shape index (κ2) is 7.85. The van der Waals surface area contributed by atoms with Gasteiger partial charge in [0.25, 0.3) is 0 Å². The van der Waals surface area contributed by atoms with Crippen LogP contribution >= 0.6 is 0 Å². The summed E-state index contributed by atoms with van der Waals surface area (Å²) in [5.41, 5.74) is 1.67. The van der Waals surface area contributed by atoms with E-state index < -0.39 is 0 Å². The largest absolute Gasteiger partial charge is 0.367 e. The molecule has 0 unspecified atom stereocenters. The Morgan fingerprint density at radius 2 is 1.92 bits per heavy atom. The summed E-state index contributed by atoms with van der Waals surface area (Å²) >= 11 is 0. The van der Waals surface area contributed by atoms with Gasteiger partial charge in [0.15, 0.2) is 0 Å². The van der Waals surface area contributed by atoms with Gasteiger partial charge in [0.1, 0.15) is 6.07 Å². The predicted molar refractivity (Wildman–Crippen MR) is 98.4 cm³/mol. The molecule has 134 valence electrons. The highest BCUT2D eigenvalue weighted by molar-refractivity contribution is 5.82. The smallest absolute Gasteiger partial charge is 0.241 e. The van der Waals surface area contributed by atoms with Crippen LogP contribution in [0, 0.1) is 11.3 Å². The van der Waals surface area contributed by atoms with E-state index in [0.717, 1.165) is 38.4 Å². The zero-order valence-electron chi connectivity index (χ0n) is 15.1. The summed E-state index contributed by atoms with van der Waals surface area (Å²) in [5, 5.41) is 12.6. The summed E-state index contributed by atoms with van der Waals surface area (Å²) in [5.74, 6) is 0.207. The third kappa shape index (κ3) is 3.94. The van der Waals surface area contributed by atoms with Gasteiger partial charge >= 0.3 is 0 Å². The molecule has 0 aliphatic carbocycles. The number of carbonyl (C=O) groups is 1. The van der Waals surface area contributed by atoms with E-state index in [1.54, 1.807) is 0 Å². The molecule has 1 N–H and O–H groups in total. The Morgan fingerprint density at radius 3 is 2.60 bits per heavy atom. The van der Waals surface area contributed by atoms with Crippen LogP contribution in [0.1, 0.15) is 19.4 Å². The molecule has 2 aliphatic rings. The average molecular weight is 341 g/mol. The number of amides is 1. The molecule has 1 atom stereocenters. The molecule has 1 amide bonds. The second-order valence-electron chi connectivity index (χ2n) is 7.04. The van der Waals surface area contributed by atoms with E-state index >= 15 is 0 Å². The van der Waals surface area contributed by atoms with Gasteiger partial charge in [-0.2, -0.15) is 5.26 Å². The van der Waals surface area contributed by atoms with Crippen molar-refractivity contribution in [3.63, 3.8) is 0 Å². The third-order valence-electron chi connectivity index (χ3n) is 5.19. The lowest BCUT2D eigenvalue weighted by molar-refractivity contribution is -0.135. The third-order valence-corrected chi connectivity index (χ3v) is 5.19. The Hall–Kier alpha value is -2.10. The highest BCUT2D eigenvalue weighted by Crippen LogP contribution is 2.21. The van der Waals surface area contributed by atoms with Crippen molar-refractivity contribution in [2.24, 2.45) is 0 Å². The van der Waals surface area contributed by atoms with Crippen molar-refractivity contribution in [3.8, 4) is 6.07 Å². The minimum absolute atomic E-state index is 0.103. The van der Waals surface area contributed by atoms with Crippen molar-refractivity contribution in [2.45, 2.75) is 25.9 Å². The minimum atomic E-state index is -0.103. The predicted octanol–water partition coefficient (Wildman–Crippen LogP) is 0.889. The molecular formula is C19H27N5O. The van der Waals surface area contributed by atoms with Crippen LogP contribution in [-0.4, -0.2) is 73.6 Å². The Balaban J connectivity index is 1.59. The van der Waals surface area contributed by atoms with Crippen molar-refractivity contribution in [1.29, 1.82) is 5.26 Å². The van der Waals surface area contributed by atoms with E-state index in [0.29, 0.717) is 24.7 Å². The number of piperazine rings is 2. The molecule has 0 spiro atoms. The number of nitrogens with one attached hydrogen (secondary N) is 1. The van der Waals surface area contributed by atoms with Crippen molar-refractivity contribution in [3.05, 3.63) is 29.8 Å². The van der Waals surface area contributed by atoms with Crippen LogP contribution in [0.5, 0.6) is 0 Å². The first-order valence-corrected chi connectivity index (χ1v) is 9.10. The molecule has 0 radical (unpaired) electrons. The molecule has 2 saturated heterocycles. The fourth-order valence-corrected chi connectivity index (χ4v) is 3.64. The van der Waals surface area contributed by atoms with Gasteiger partial charge < -0.3 is 15.1 Å². The van der Waals surface area contributed by atoms with Gasteiger partial charge in [-0.15, -0.1) is 0 Å². The number of carbonyl (C=O) groups excluding carboxylic acids is 1. The van der Waals surface area contributed by atoms with Gasteiger partial charge in [-0.25, -0.2) is 0 Å². The highest BCUT2D eigenvalue weighted by atomic mass is 16.2. The van der Waals surface area contributed by atoms with Crippen molar-refractivity contribution in [1.82, 2.24) is 15.1 Å². The maximum atomic E-state index is 12.9. The highest BCUT2D eigenvalue weighted by Gasteiger charge is 2.31. The molecule has 0 saturated carbocycles. The van der Waals surface area contributed by atoms with Gasteiger partial charge in [-0.05, 0) is 26.0 Å². The van der Waals surface area contributed by atoms with Crippen molar-refractivity contribution >= 4 is 11.6 Å². The quantitative estimate of drug-likeness (QED) is 0.885. The Kier molecular flexibility index (Phi) is 5.57. The molecule has 2 heterocycles. The van der Waals surface area contributed by atoms with E-state index in [1.165, 1.54) is 0 Å². The summed E-state index contributed by atoms with van der Waals surface area (Å²) in [6.45, 7) is 9.96. The van der Waals surface area contributed by atoms with Crippen LogP contribution in [0.15, 0.2) is 24.3 Å². The van der Waals surface area contributed by atoms with Crippen molar-refractivity contribution in [2.75, 3.05) is 50.7 Å². The summed E-state index contributed by atoms with van der Waals surface area (Å²) < 4.78 is 0. The number of nitriles is 1. The zero-order chi connectivity index (χ0) is 17.8. The monoisotopic (exact) mass is 341 g/mol. The van der Waals surface area contributed by atoms with E-state index in [-0.39, 0.29) is 11.9 Å². The van der Waals surface area contributed by atoms with Gasteiger partial charge in [0.2, 0.25) is 5.91 Å². The molecule has 2 aliphatic heterocycles. The van der Waals surface area contributed by atoms with Crippen molar-refractivity contribution < 1.29 is 4.79 Å². The lowest BCUT2D eigenvalue weighted by Gasteiger charge is -2.41. The van der Waals surface area contributed by atoms with Crippen LogP contribution in [0.4, 0.5) is 5.69 Å². The first kappa shape index (κ1) is 17.7. The minimum Gasteiger partial charge on any atom is -0.367 e. The van der Waals surface area contributed by atoms with E-state index in [9.17, 15) is 10.1 Å². The maximum absolute atomic E-state index is 12.9. The first-order chi connectivity index (χ1) is 12.1. The number of benzene rings is 1. The lowest BCUT2D eigenvalue weighted by atomic mass is 10.1. The summed E-state index contributed by atoms with van der Waals surface area (Å²) in [6.07, 6.45) is 0. The molecule has 25 heavy (non-hydrogen) atoms. The maximum Gasteiger partial charge on any atom is 0.241 e. The molecule has 6 heteroatoms. The fraction of sp³-hybridized carbons (Fsp3) is 0.579. The standard InChI is InChI=1S/C19H27N5O/c1-15(2)24-8-7-21-17(14-24)19(25)23-11-9-22(10-12-23)18-6-4-3-5-16(18)13-20/h3-6,15,17,21H,7-12,14H2,1-2H3/t17-/m1/s1. The van der Waals surface area contributed by atoms with Crippen LogP contribution in [0.3, 0.4) is 0 Å². The summed E-state index contributed by atoms with van der Waals surface area (Å²) in [7, 11) is 0. The van der Waals surface area contributed by atoms with Crippen LogP contribution in [0.25, 0.3) is 0 Å². The molecule has 0 bridgehead atoms. The number of nitrogens with zero attached hydrogens (tertiary/aromatic N) is 4. The Bertz CT molecular complexity index is 645. The van der Waals surface area contributed by atoms with E-state index in [4.69, 9.17) is 0 Å². The van der Waals surface area contributed by atoms with Gasteiger partial charge in [-0.3, -0.25) is 9.69 Å². The molecule has 3 rings (SSSR count). The Labute approximate surface area is 150 Å². The lowest BCUT2D eigenvalue weighted by Crippen LogP contribution is -2.61. The fourth-order valence-electron chi connectivity index (χ4n) is 3.64. The molecule has 0 aromatic heterocycles. The van der Waals surface area contributed by atoms with E-state index in [2.05, 4.69) is 35.0 Å². The van der Waals surface area contributed by atoms with Crippen LogP contribution < -0.4 is 10.2 Å². The molecule has 2 fully saturated rings.